The van der Waals surface area contributed by atoms with E-state index in [9.17, 15) is 0 Å². The maximum absolute atomic E-state index is 8.88. The first-order chi connectivity index (χ1) is 4.00. The Morgan fingerprint density at radius 3 is 0.909 bits per heavy atom. The van der Waals surface area contributed by atoms with Gasteiger partial charge in [-0.05, 0) is 0 Å². The largest absolute Gasteiger partial charge is 2.00 e. The summed E-state index contributed by atoms with van der Waals surface area (Å²) in [6.07, 6.45) is 0. The van der Waals surface area contributed by atoms with Crippen LogP contribution in [0.4, 0.5) is 0 Å². The number of phosphoric acid groups is 2. The van der Waals surface area contributed by atoms with E-state index < -0.39 is 15.6 Å². The fraction of sp³-hybridized carbons (Fsp3) is 0. The number of rotatable bonds is 0. The summed E-state index contributed by atoms with van der Waals surface area (Å²) in [7, 11) is -10.0. The van der Waals surface area contributed by atoms with Gasteiger partial charge in [0.25, 0.3) is 0 Å². The fourth-order valence-corrected chi connectivity index (χ4v) is 0. The van der Waals surface area contributed by atoms with Crippen LogP contribution >= 0.6 is 15.6 Å². The first-order valence-corrected chi connectivity index (χ1v) is 4.54. The van der Waals surface area contributed by atoms with Gasteiger partial charge in [-0.3, -0.25) is 0 Å². The van der Waals surface area contributed by atoms with Crippen molar-refractivity contribution in [2.75, 3.05) is 0 Å². The van der Waals surface area contributed by atoms with Crippen molar-refractivity contribution in [3.05, 3.63) is 0 Å². The molecule has 11 heteroatoms. The molecule has 0 aromatic carbocycles. The van der Waals surface area contributed by atoms with E-state index in [0.29, 0.717) is 0 Å². The summed E-state index contributed by atoms with van der Waals surface area (Å²) in [5.41, 5.74) is 0. The molecule has 0 heterocycles. The average Bonchev–Trinajstić information content (AvgIpc) is 1.12. The molecule has 0 radical (unpaired) electrons. The molecule has 0 aliphatic carbocycles. The van der Waals surface area contributed by atoms with Crippen molar-refractivity contribution >= 4 is 53.4 Å². The Balaban J connectivity index is -0.000000107. The maximum Gasteiger partial charge on any atom is 2.00 e. The Kier molecular flexibility index (Phi) is 11.5. The molecule has 0 saturated carbocycles. The Morgan fingerprint density at radius 1 is 0.909 bits per heavy atom. The Morgan fingerprint density at radius 2 is 0.909 bits per heavy atom. The number of hydrogen-bond donors (Lipinski definition) is 3. The smallest absolute Gasteiger partial charge is 0.822 e. The molecule has 0 amide bonds. The van der Waals surface area contributed by atoms with Gasteiger partial charge in [0.1, 0.15) is 0 Å². The molecule has 64 valence electrons. The van der Waals surface area contributed by atoms with Crippen LogP contribution in [0.25, 0.3) is 0 Å². The summed E-state index contributed by atoms with van der Waals surface area (Å²) >= 11 is 0. The third-order valence-electron chi connectivity index (χ3n) is 0. The second-order valence-electron chi connectivity index (χ2n) is 0.960. The van der Waals surface area contributed by atoms with Gasteiger partial charge < -0.3 is 33.9 Å². The van der Waals surface area contributed by atoms with Crippen molar-refractivity contribution in [2.24, 2.45) is 0 Å². The van der Waals surface area contributed by atoms with E-state index >= 15 is 0 Å². The van der Waals surface area contributed by atoms with Gasteiger partial charge in [-0.25, -0.2) is 4.57 Å². The quantitative estimate of drug-likeness (QED) is 0.280. The zero-order valence-electron chi connectivity index (χ0n) is 4.98. The molecule has 0 aromatic heterocycles. The van der Waals surface area contributed by atoms with Crippen molar-refractivity contribution in [2.45, 2.75) is 0 Å². The Bertz CT molecular complexity index is 124. The van der Waals surface area contributed by atoms with Crippen LogP contribution < -0.4 is 14.7 Å². The SMILES string of the molecule is O=P(O)(O)O.O=P([O-])([O-])[O-].[Ca+2]. The first-order valence-electron chi connectivity index (χ1n) is 1.51. The molecule has 0 fully saturated rings. The predicted molar refractivity (Wildman–Crippen MR) is 27.6 cm³/mol. The fourth-order valence-electron chi connectivity index (χ4n) is 0. The van der Waals surface area contributed by atoms with Crippen LogP contribution in [0.1, 0.15) is 0 Å². The molecular formula is H3CaO8P2-. The van der Waals surface area contributed by atoms with Gasteiger partial charge in [0.05, 0.1) is 0 Å². The van der Waals surface area contributed by atoms with Crippen LogP contribution in [0.15, 0.2) is 0 Å². The van der Waals surface area contributed by atoms with Crippen molar-refractivity contribution in [3.63, 3.8) is 0 Å². The monoisotopic (exact) mass is 233 g/mol. The zero-order chi connectivity index (χ0) is 9.00. The second kappa shape index (κ2) is 6.94. The Labute approximate surface area is 91.4 Å². The molecule has 0 saturated heterocycles. The van der Waals surface area contributed by atoms with Gasteiger partial charge in [-0.15, -0.1) is 0 Å². The third kappa shape index (κ3) is 471. The molecule has 0 aliphatic rings. The second-order valence-corrected chi connectivity index (χ2v) is 2.88. The summed E-state index contributed by atoms with van der Waals surface area (Å²) in [5.74, 6) is 0. The average molecular weight is 233 g/mol. The summed E-state index contributed by atoms with van der Waals surface area (Å²) in [4.78, 5) is 47.2. The van der Waals surface area contributed by atoms with Crippen LogP contribution in [-0.4, -0.2) is 52.4 Å². The van der Waals surface area contributed by atoms with E-state index in [1.54, 1.807) is 0 Å². The molecule has 8 nitrogen and oxygen atoms in total. The van der Waals surface area contributed by atoms with Gasteiger partial charge >= 0.3 is 45.6 Å². The van der Waals surface area contributed by atoms with Gasteiger partial charge in [-0.1, -0.05) is 0 Å². The molecule has 0 bridgehead atoms. The van der Waals surface area contributed by atoms with E-state index in [1.807, 2.05) is 0 Å². The molecule has 0 unspecified atom stereocenters. The molecule has 0 rings (SSSR count). The minimum Gasteiger partial charge on any atom is -0.822 e. The van der Waals surface area contributed by atoms with Crippen LogP contribution in [0.2, 0.25) is 0 Å². The maximum atomic E-state index is 8.88. The minimum absolute atomic E-state index is 0. The van der Waals surface area contributed by atoms with Crippen LogP contribution in [0, 0.1) is 0 Å². The molecule has 0 aromatic rings. The summed E-state index contributed by atoms with van der Waals surface area (Å²) in [6.45, 7) is 0. The standard InChI is InChI=1S/Ca.2H3O4P/c;2*1-5(2,3)4/h;2*(H3,1,2,3,4)/q+2;;/p-3. The molecule has 0 atom stereocenters. The van der Waals surface area contributed by atoms with E-state index in [0.717, 1.165) is 0 Å². The molecule has 3 N–H and O–H groups in total. The molecular weight excluding hydrogens is 230 g/mol. The van der Waals surface area contributed by atoms with E-state index in [-0.39, 0.29) is 37.7 Å². The third-order valence-corrected chi connectivity index (χ3v) is 0. The van der Waals surface area contributed by atoms with E-state index in [4.69, 9.17) is 38.5 Å². The molecule has 11 heavy (non-hydrogen) atoms. The van der Waals surface area contributed by atoms with Crippen molar-refractivity contribution in [1.82, 2.24) is 0 Å². The normalized spacial score (nSPS) is 10.7. The van der Waals surface area contributed by atoms with Gasteiger partial charge in [-0.2, -0.15) is 7.82 Å². The minimum atomic E-state index is -5.39. The first kappa shape index (κ1) is 18.3. The molecule has 0 aliphatic heterocycles. The van der Waals surface area contributed by atoms with Crippen LogP contribution in [0.5, 0.6) is 0 Å². The van der Waals surface area contributed by atoms with E-state index in [2.05, 4.69) is 0 Å². The van der Waals surface area contributed by atoms with Crippen molar-refractivity contribution in [3.8, 4) is 0 Å². The van der Waals surface area contributed by atoms with Crippen molar-refractivity contribution in [1.29, 1.82) is 0 Å². The summed E-state index contributed by atoms with van der Waals surface area (Å²) < 4.78 is 17.4. The Hall–Kier alpha value is 1.48. The summed E-state index contributed by atoms with van der Waals surface area (Å²) in [5, 5.41) is 0. The van der Waals surface area contributed by atoms with Gasteiger partial charge in [0.2, 0.25) is 0 Å². The molecule has 0 spiro atoms. The topological polar surface area (TPSA) is 164 Å². The van der Waals surface area contributed by atoms with Crippen LogP contribution in [-0.2, 0) is 9.13 Å². The van der Waals surface area contributed by atoms with E-state index in [1.165, 1.54) is 0 Å². The predicted octanol–water partition coefficient (Wildman–Crippen LogP) is -4.13. The van der Waals surface area contributed by atoms with Gasteiger partial charge in [0.15, 0.2) is 0 Å². The number of hydrogen-bond acceptors (Lipinski definition) is 5. The summed E-state index contributed by atoms with van der Waals surface area (Å²) in [6, 6.07) is 0. The van der Waals surface area contributed by atoms with Gasteiger partial charge in [0, 0.05) is 0 Å². The van der Waals surface area contributed by atoms with Crippen LogP contribution in [0.3, 0.4) is 0 Å². The zero-order valence-corrected chi connectivity index (χ0v) is 8.98. The van der Waals surface area contributed by atoms with Crippen molar-refractivity contribution < 1.29 is 38.5 Å².